The Morgan fingerprint density at radius 1 is 1.14 bits per heavy atom. The average Bonchev–Trinajstić information content (AvgIpc) is 3.24. The highest BCUT2D eigenvalue weighted by molar-refractivity contribution is 7.92. The number of aryl methyl sites for hydroxylation is 1. The molecule has 1 aliphatic rings. The summed E-state index contributed by atoms with van der Waals surface area (Å²) in [5.74, 6) is 0.927. The van der Waals surface area contributed by atoms with Crippen LogP contribution in [0.15, 0.2) is 64.5 Å². The van der Waals surface area contributed by atoms with Gasteiger partial charge >= 0.3 is 0 Å². The van der Waals surface area contributed by atoms with Gasteiger partial charge in [0.1, 0.15) is 0 Å². The number of aromatic nitrogens is 2. The normalized spacial score (nSPS) is 18.3. The van der Waals surface area contributed by atoms with E-state index in [9.17, 15) is 8.42 Å². The van der Waals surface area contributed by atoms with Gasteiger partial charge in [-0.1, -0.05) is 59.3 Å². The number of rotatable bonds is 5. The van der Waals surface area contributed by atoms with E-state index in [0.717, 1.165) is 29.5 Å². The van der Waals surface area contributed by atoms with Crippen LogP contribution < -0.4 is 0 Å². The van der Waals surface area contributed by atoms with E-state index in [0.29, 0.717) is 24.8 Å². The van der Waals surface area contributed by atoms with Gasteiger partial charge < -0.3 is 4.52 Å². The number of benzene rings is 2. The van der Waals surface area contributed by atoms with Crippen molar-refractivity contribution in [3.05, 3.63) is 77.0 Å². The van der Waals surface area contributed by atoms with Gasteiger partial charge in [-0.3, -0.25) is 0 Å². The van der Waals surface area contributed by atoms with E-state index in [2.05, 4.69) is 10.1 Å². The Bertz CT molecular complexity index is 1110. The Morgan fingerprint density at radius 3 is 2.76 bits per heavy atom. The zero-order valence-corrected chi connectivity index (χ0v) is 17.0. The van der Waals surface area contributed by atoms with Crippen molar-refractivity contribution in [3.8, 4) is 11.4 Å². The second-order valence-electron chi connectivity index (χ2n) is 7.28. The predicted octanol–water partition coefficient (Wildman–Crippen LogP) is 4.23. The van der Waals surface area contributed by atoms with Crippen LogP contribution in [0.1, 0.15) is 35.8 Å². The van der Waals surface area contributed by atoms with E-state index in [1.54, 1.807) is 6.08 Å². The van der Waals surface area contributed by atoms with Crippen LogP contribution in [0.25, 0.3) is 17.5 Å². The van der Waals surface area contributed by atoms with Crippen LogP contribution >= 0.6 is 0 Å². The lowest BCUT2D eigenvalue weighted by atomic mass is 10.00. The van der Waals surface area contributed by atoms with Crippen LogP contribution in [-0.2, 0) is 10.0 Å². The number of hydrogen-bond donors (Lipinski definition) is 0. The lowest BCUT2D eigenvalue weighted by Crippen LogP contribution is -2.38. The molecule has 0 N–H and O–H groups in total. The minimum atomic E-state index is -3.51. The van der Waals surface area contributed by atoms with Crippen LogP contribution in [0.4, 0.5) is 0 Å². The third kappa shape index (κ3) is 4.63. The maximum atomic E-state index is 12.8. The van der Waals surface area contributed by atoms with E-state index in [1.165, 1.54) is 9.71 Å². The van der Waals surface area contributed by atoms with Crippen molar-refractivity contribution in [3.63, 3.8) is 0 Å². The largest absolute Gasteiger partial charge is 0.339 e. The van der Waals surface area contributed by atoms with E-state index >= 15 is 0 Å². The molecule has 0 amide bonds. The van der Waals surface area contributed by atoms with Crippen molar-refractivity contribution in [2.45, 2.75) is 25.7 Å². The molecule has 0 radical (unpaired) electrons. The van der Waals surface area contributed by atoms with Gasteiger partial charge in [-0.25, -0.2) is 8.42 Å². The predicted molar refractivity (Wildman–Crippen MR) is 112 cm³/mol. The van der Waals surface area contributed by atoms with Gasteiger partial charge in [0.25, 0.3) is 0 Å². The standard InChI is InChI=1S/C22H23N3O3S/c1-17-7-5-10-19(15-17)21-23-22(28-24-21)20-11-6-13-25(16-20)29(26,27)14-12-18-8-3-2-4-9-18/h2-5,7-10,12,14-15,20H,6,11,13,16H2,1H3. The Balaban J connectivity index is 1.49. The van der Waals surface area contributed by atoms with Crippen LogP contribution in [0.2, 0.25) is 0 Å². The SMILES string of the molecule is Cc1cccc(-c2noc(C3CCCN(S(=O)(=O)C=Cc4ccccc4)C3)n2)c1. The topological polar surface area (TPSA) is 76.3 Å². The van der Waals surface area contributed by atoms with Crippen LogP contribution in [0, 0.1) is 6.92 Å². The molecule has 3 aromatic rings. The number of sulfonamides is 1. The fourth-order valence-electron chi connectivity index (χ4n) is 3.49. The molecule has 29 heavy (non-hydrogen) atoms. The summed E-state index contributed by atoms with van der Waals surface area (Å²) >= 11 is 0. The maximum absolute atomic E-state index is 12.8. The first-order valence-electron chi connectivity index (χ1n) is 9.65. The fraction of sp³-hybridized carbons (Fsp3) is 0.273. The molecule has 0 spiro atoms. The summed E-state index contributed by atoms with van der Waals surface area (Å²) in [6, 6.07) is 17.3. The quantitative estimate of drug-likeness (QED) is 0.630. The number of nitrogens with zero attached hydrogens (tertiary/aromatic N) is 3. The lowest BCUT2D eigenvalue weighted by molar-refractivity contribution is 0.267. The lowest BCUT2D eigenvalue weighted by Gasteiger charge is -2.29. The molecular formula is C22H23N3O3S. The molecule has 0 aliphatic carbocycles. The minimum Gasteiger partial charge on any atom is -0.339 e. The summed E-state index contributed by atoms with van der Waals surface area (Å²) in [5.41, 5.74) is 2.87. The molecule has 0 saturated carbocycles. The highest BCUT2D eigenvalue weighted by atomic mass is 32.2. The first-order valence-corrected chi connectivity index (χ1v) is 11.2. The molecule has 1 atom stereocenters. The molecule has 1 fully saturated rings. The fourth-order valence-corrected chi connectivity index (χ4v) is 4.76. The Labute approximate surface area is 170 Å². The minimum absolute atomic E-state index is 0.102. The van der Waals surface area contributed by atoms with Crippen LogP contribution in [0.5, 0.6) is 0 Å². The summed E-state index contributed by atoms with van der Waals surface area (Å²) in [7, 11) is -3.51. The highest BCUT2D eigenvalue weighted by Crippen LogP contribution is 2.29. The van der Waals surface area contributed by atoms with E-state index in [4.69, 9.17) is 4.52 Å². The summed E-state index contributed by atoms with van der Waals surface area (Å²) in [6.45, 7) is 2.85. The molecule has 150 valence electrons. The second-order valence-corrected chi connectivity index (χ2v) is 9.10. The summed E-state index contributed by atoms with van der Waals surface area (Å²) < 4.78 is 32.5. The van der Waals surface area contributed by atoms with Crippen molar-refractivity contribution in [2.75, 3.05) is 13.1 Å². The van der Waals surface area contributed by atoms with Gasteiger partial charge in [-0.05, 0) is 37.5 Å². The molecule has 2 aromatic carbocycles. The smallest absolute Gasteiger partial charge is 0.236 e. The summed E-state index contributed by atoms with van der Waals surface area (Å²) in [5, 5.41) is 5.37. The molecule has 2 heterocycles. The van der Waals surface area contributed by atoms with Crippen molar-refractivity contribution in [2.24, 2.45) is 0 Å². The molecule has 1 aromatic heterocycles. The zero-order valence-electron chi connectivity index (χ0n) is 16.2. The van der Waals surface area contributed by atoms with Gasteiger partial charge in [0.15, 0.2) is 0 Å². The molecule has 0 bridgehead atoms. The van der Waals surface area contributed by atoms with Crippen LogP contribution in [-0.4, -0.2) is 36.0 Å². The zero-order chi connectivity index (χ0) is 20.3. The van der Waals surface area contributed by atoms with Gasteiger partial charge in [0, 0.05) is 24.1 Å². The highest BCUT2D eigenvalue weighted by Gasteiger charge is 2.31. The van der Waals surface area contributed by atoms with Crippen molar-refractivity contribution < 1.29 is 12.9 Å². The third-order valence-corrected chi connectivity index (χ3v) is 6.57. The summed E-state index contributed by atoms with van der Waals surface area (Å²) in [4.78, 5) is 4.54. The molecule has 1 aliphatic heterocycles. The molecule has 1 unspecified atom stereocenters. The van der Waals surface area contributed by atoms with Gasteiger partial charge in [-0.2, -0.15) is 9.29 Å². The Morgan fingerprint density at radius 2 is 1.97 bits per heavy atom. The third-order valence-electron chi connectivity index (χ3n) is 5.04. The first-order chi connectivity index (χ1) is 14.0. The van der Waals surface area contributed by atoms with Gasteiger partial charge in [0.05, 0.1) is 5.92 Å². The second kappa shape index (κ2) is 8.31. The monoisotopic (exact) mass is 409 g/mol. The molecule has 6 nitrogen and oxygen atoms in total. The Kier molecular flexibility index (Phi) is 5.60. The molecular weight excluding hydrogens is 386 g/mol. The molecule has 1 saturated heterocycles. The van der Waals surface area contributed by atoms with E-state index < -0.39 is 10.0 Å². The number of hydrogen-bond acceptors (Lipinski definition) is 5. The number of piperidine rings is 1. The molecule has 4 rings (SSSR count). The van der Waals surface area contributed by atoms with E-state index in [1.807, 2.05) is 61.5 Å². The summed E-state index contributed by atoms with van der Waals surface area (Å²) in [6.07, 6.45) is 3.20. The van der Waals surface area contributed by atoms with E-state index in [-0.39, 0.29) is 5.92 Å². The Hall–Kier alpha value is -2.77. The van der Waals surface area contributed by atoms with Crippen molar-refractivity contribution in [1.29, 1.82) is 0 Å². The first kappa shape index (κ1) is 19.5. The van der Waals surface area contributed by atoms with Gasteiger partial charge in [-0.15, -0.1) is 0 Å². The van der Waals surface area contributed by atoms with Gasteiger partial charge in [0.2, 0.25) is 21.7 Å². The maximum Gasteiger partial charge on any atom is 0.236 e. The molecule has 7 heteroatoms. The average molecular weight is 410 g/mol. The van der Waals surface area contributed by atoms with Crippen LogP contribution in [0.3, 0.4) is 0 Å². The van der Waals surface area contributed by atoms with Crippen molar-refractivity contribution >= 4 is 16.1 Å². The van der Waals surface area contributed by atoms with Crippen molar-refractivity contribution in [1.82, 2.24) is 14.4 Å².